The van der Waals surface area contributed by atoms with Crippen LogP contribution >= 0.6 is 0 Å². The van der Waals surface area contributed by atoms with Gasteiger partial charge in [0, 0.05) is 34.5 Å². The number of rotatable bonds is 5. The zero-order valence-corrected chi connectivity index (χ0v) is 13.8. The minimum Gasteiger partial charge on any atom is -0.453 e. The zero-order valence-electron chi connectivity index (χ0n) is 13.8. The summed E-state index contributed by atoms with van der Waals surface area (Å²) in [5.74, 6) is -0.897. The third kappa shape index (κ3) is 3.00. The molecule has 0 bridgehead atoms. The molecule has 128 valence electrons. The van der Waals surface area contributed by atoms with Gasteiger partial charge in [0.15, 0.2) is 12.3 Å². The number of ether oxygens (including phenoxy) is 1. The quantitative estimate of drug-likeness (QED) is 0.444. The van der Waals surface area contributed by atoms with Crippen LogP contribution in [0, 0.1) is 0 Å². The first-order valence-corrected chi connectivity index (χ1v) is 8.08. The standard InChI is InChI=1S/C20H15N3O3/c24-19(16-10-21-17-9-5-4-8-15(16)17)12-26-20(25)18-11-23(13-22-18)14-6-2-1-3-7-14/h1-11,13,21H,12H2. The van der Waals surface area contributed by atoms with E-state index in [2.05, 4.69) is 9.97 Å². The zero-order chi connectivity index (χ0) is 17.9. The third-order valence-corrected chi connectivity index (χ3v) is 4.07. The van der Waals surface area contributed by atoms with Gasteiger partial charge in [-0.2, -0.15) is 0 Å². The lowest BCUT2D eigenvalue weighted by Crippen LogP contribution is -2.14. The second kappa shape index (κ2) is 6.68. The van der Waals surface area contributed by atoms with Crippen LogP contribution in [0.2, 0.25) is 0 Å². The summed E-state index contributed by atoms with van der Waals surface area (Å²) in [5, 5.41) is 0.807. The van der Waals surface area contributed by atoms with Crippen molar-refractivity contribution in [3.05, 3.63) is 84.6 Å². The number of aromatic nitrogens is 3. The van der Waals surface area contributed by atoms with Crippen LogP contribution in [0.1, 0.15) is 20.8 Å². The Hall–Kier alpha value is -3.67. The maximum atomic E-state index is 12.4. The summed E-state index contributed by atoms with van der Waals surface area (Å²) in [5.41, 5.74) is 2.40. The van der Waals surface area contributed by atoms with E-state index in [1.807, 2.05) is 54.6 Å². The molecular formula is C20H15N3O3. The van der Waals surface area contributed by atoms with Crippen LogP contribution in [-0.4, -0.2) is 32.9 Å². The summed E-state index contributed by atoms with van der Waals surface area (Å²) in [6.45, 7) is -0.334. The molecule has 6 heteroatoms. The van der Waals surface area contributed by atoms with Crippen molar-refractivity contribution in [3.8, 4) is 5.69 Å². The lowest BCUT2D eigenvalue weighted by atomic mass is 10.1. The van der Waals surface area contributed by atoms with E-state index in [9.17, 15) is 9.59 Å². The number of fused-ring (bicyclic) bond motifs is 1. The van der Waals surface area contributed by atoms with Gasteiger partial charge in [-0.15, -0.1) is 0 Å². The number of imidazole rings is 1. The molecule has 0 radical (unpaired) electrons. The summed E-state index contributed by atoms with van der Waals surface area (Å²) in [4.78, 5) is 31.6. The number of nitrogens with zero attached hydrogens (tertiary/aromatic N) is 2. The van der Waals surface area contributed by atoms with Gasteiger partial charge in [0.05, 0.1) is 0 Å². The van der Waals surface area contributed by atoms with Crippen LogP contribution in [0.25, 0.3) is 16.6 Å². The Labute approximate surface area is 149 Å². The lowest BCUT2D eigenvalue weighted by molar-refractivity contribution is 0.0470. The van der Waals surface area contributed by atoms with E-state index in [4.69, 9.17) is 4.74 Å². The Morgan fingerprint density at radius 3 is 2.65 bits per heavy atom. The summed E-state index contributed by atoms with van der Waals surface area (Å²) in [6, 6.07) is 17.0. The molecule has 4 aromatic rings. The SMILES string of the molecule is O=C(OCC(=O)c1c[nH]c2ccccc12)c1cn(-c2ccccc2)cn1. The van der Waals surface area contributed by atoms with E-state index >= 15 is 0 Å². The van der Waals surface area contributed by atoms with Gasteiger partial charge < -0.3 is 14.3 Å². The van der Waals surface area contributed by atoms with Crippen molar-refractivity contribution >= 4 is 22.7 Å². The van der Waals surface area contributed by atoms with Crippen molar-refractivity contribution in [2.75, 3.05) is 6.61 Å². The largest absolute Gasteiger partial charge is 0.453 e. The van der Waals surface area contributed by atoms with E-state index < -0.39 is 5.97 Å². The van der Waals surface area contributed by atoms with Gasteiger partial charge in [0.25, 0.3) is 0 Å². The van der Waals surface area contributed by atoms with Gasteiger partial charge in [-0.25, -0.2) is 9.78 Å². The first-order valence-electron chi connectivity index (χ1n) is 8.08. The summed E-state index contributed by atoms with van der Waals surface area (Å²) >= 11 is 0. The minimum atomic E-state index is -0.632. The predicted molar refractivity (Wildman–Crippen MR) is 96.5 cm³/mol. The maximum absolute atomic E-state index is 12.4. The fraction of sp³-hybridized carbons (Fsp3) is 0.0500. The molecule has 0 aliphatic rings. The van der Waals surface area contributed by atoms with Gasteiger partial charge in [-0.3, -0.25) is 4.79 Å². The highest BCUT2D eigenvalue weighted by atomic mass is 16.5. The number of carbonyl (C=O) groups is 2. The van der Waals surface area contributed by atoms with Crippen LogP contribution < -0.4 is 0 Å². The van der Waals surface area contributed by atoms with Gasteiger partial charge in [0.1, 0.15) is 6.33 Å². The summed E-state index contributed by atoms with van der Waals surface area (Å²) in [6.07, 6.45) is 4.74. The molecule has 0 saturated heterocycles. The lowest BCUT2D eigenvalue weighted by Gasteiger charge is -2.02. The first-order chi connectivity index (χ1) is 12.7. The van der Waals surface area contributed by atoms with Crippen molar-refractivity contribution in [1.82, 2.24) is 14.5 Å². The van der Waals surface area contributed by atoms with E-state index in [1.165, 1.54) is 6.33 Å². The second-order valence-electron chi connectivity index (χ2n) is 5.75. The molecule has 0 spiro atoms. The number of esters is 1. The van der Waals surface area contributed by atoms with Crippen LogP contribution in [0.15, 0.2) is 73.3 Å². The number of hydrogen-bond acceptors (Lipinski definition) is 4. The predicted octanol–water partition coefficient (Wildman–Crippen LogP) is 3.39. The van der Waals surface area contributed by atoms with Crippen LogP contribution in [0.3, 0.4) is 0 Å². The number of benzene rings is 2. The Bertz CT molecular complexity index is 1080. The van der Waals surface area contributed by atoms with Gasteiger partial charge in [-0.1, -0.05) is 36.4 Å². The molecule has 0 atom stereocenters. The van der Waals surface area contributed by atoms with Gasteiger partial charge >= 0.3 is 5.97 Å². The molecule has 2 aromatic heterocycles. The van der Waals surface area contributed by atoms with Crippen molar-refractivity contribution in [2.24, 2.45) is 0 Å². The summed E-state index contributed by atoms with van der Waals surface area (Å²) < 4.78 is 6.85. The normalized spacial score (nSPS) is 10.8. The van der Waals surface area contributed by atoms with Crippen molar-refractivity contribution in [1.29, 1.82) is 0 Å². The molecule has 2 heterocycles. The van der Waals surface area contributed by atoms with E-state index in [0.717, 1.165) is 16.6 Å². The molecule has 6 nitrogen and oxygen atoms in total. The molecule has 4 rings (SSSR count). The Morgan fingerprint density at radius 2 is 1.81 bits per heavy atom. The molecule has 2 aromatic carbocycles. The van der Waals surface area contributed by atoms with Gasteiger partial charge in [-0.05, 0) is 18.2 Å². The molecule has 0 unspecified atom stereocenters. The molecular weight excluding hydrogens is 330 g/mol. The average molecular weight is 345 g/mol. The van der Waals surface area contributed by atoms with E-state index in [-0.39, 0.29) is 18.1 Å². The molecule has 0 amide bonds. The number of carbonyl (C=O) groups excluding carboxylic acids is 2. The molecule has 0 aliphatic heterocycles. The number of hydrogen-bond donors (Lipinski definition) is 1. The number of ketones is 1. The monoisotopic (exact) mass is 345 g/mol. The van der Waals surface area contributed by atoms with Crippen LogP contribution in [0.4, 0.5) is 0 Å². The fourth-order valence-electron chi connectivity index (χ4n) is 2.75. The molecule has 1 N–H and O–H groups in total. The topological polar surface area (TPSA) is 77.0 Å². The van der Waals surface area contributed by atoms with Crippen molar-refractivity contribution in [2.45, 2.75) is 0 Å². The maximum Gasteiger partial charge on any atom is 0.358 e. The number of aromatic amines is 1. The minimum absolute atomic E-state index is 0.153. The smallest absolute Gasteiger partial charge is 0.358 e. The molecule has 26 heavy (non-hydrogen) atoms. The average Bonchev–Trinajstić information content (AvgIpc) is 3.34. The molecule has 0 saturated carbocycles. The highest BCUT2D eigenvalue weighted by Gasteiger charge is 2.16. The fourth-order valence-corrected chi connectivity index (χ4v) is 2.75. The van der Waals surface area contributed by atoms with Crippen LogP contribution in [-0.2, 0) is 4.74 Å². The van der Waals surface area contributed by atoms with Crippen LogP contribution in [0.5, 0.6) is 0 Å². The van der Waals surface area contributed by atoms with Crippen molar-refractivity contribution in [3.63, 3.8) is 0 Å². The highest BCUT2D eigenvalue weighted by Crippen LogP contribution is 2.18. The summed E-state index contributed by atoms with van der Waals surface area (Å²) in [7, 11) is 0. The van der Waals surface area contributed by atoms with E-state index in [1.54, 1.807) is 17.0 Å². The van der Waals surface area contributed by atoms with E-state index in [0.29, 0.717) is 5.56 Å². The number of H-pyrrole nitrogens is 1. The second-order valence-corrected chi connectivity index (χ2v) is 5.75. The number of nitrogens with one attached hydrogen (secondary N) is 1. The number of Topliss-reactive ketones (excluding diaryl/α,β-unsaturated/α-hetero) is 1. The molecule has 0 aliphatic carbocycles. The Balaban J connectivity index is 1.44. The first kappa shape index (κ1) is 15.8. The third-order valence-electron chi connectivity index (χ3n) is 4.07. The number of para-hydroxylation sites is 2. The Morgan fingerprint density at radius 1 is 1.04 bits per heavy atom. The van der Waals surface area contributed by atoms with Gasteiger partial charge in [0.2, 0.25) is 5.78 Å². The highest BCUT2D eigenvalue weighted by molar-refractivity contribution is 6.09. The Kier molecular flexibility index (Phi) is 4.07. The molecule has 0 fully saturated rings. The van der Waals surface area contributed by atoms with Crippen molar-refractivity contribution < 1.29 is 14.3 Å².